The van der Waals surface area contributed by atoms with E-state index in [-0.39, 0.29) is 0 Å². The Morgan fingerprint density at radius 3 is 2.71 bits per heavy atom. The Labute approximate surface area is 80.9 Å². The van der Waals surface area contributed by atoms with E-state index >= 15 is 0 Å². The van der Waals surface area contributed by atoms with Gasteiger partial charge in [-0.1, -0.05) is 5.21 Å². The highest BCUT2D eigenvalue weighted by molar-refractivity contribution is 5.76. The average molecular weight is 196 g/mol. The molecule has 0 saturated carbocycles. The van der Waals surface area contributed by atoms with Crippen LogP contribution in [0.15, 0.2) is 12.4 Å². The normalized spacial score (nSPS) is 20.6. The van der Waals surface area contributed by atoms with Crippen molar-refractivity contribution in [1.29, 1.82) is 0 Å². The molecular weight excluding hydrogens is 184 g/mol. The third kappa shape index (κ3) is 1.27. The number of carbonyl (C=O) groups is 1. The van der Waals surface area contributed by atoms with Crippen LogP contribution in [0.25, 0.3) is 0 Å². The fraction of sp³-hybridized carbons (Fsp3) is 0.625. The van der Waals surface area contributed by atoms with E-state index in [4.69, 9.17) is 0 Å². The quantitative estimate of drug-likeness (QED) is 0.663. The van der Waals surface area contributed by atoms with Crippen molar-refractivity contribution in [3.63, 3.8) is 0 Å². The standard InChI is InChI=1S/C8H12N4O2/c13-7(14)8(1-3-9-4-2-8)12-6-5-10-11-12/h5-6,9H,1-4H2,(H,13,14). The Morgan fingerprint density at radius 1 is 1.50 bits per heavy atom. The van der Waals surface area contributed by atoms with Crippen molar-refractivity contribution < 1.29 is 9.90 Å². The van der Waals surface area contributed by atoms with E-state index in [0.717, 1.165) is 0 Å². The van der Waals surface area contributed by atoms with Gasteiger partial charge in [0.1, 0.15) is 0 Å². The van der Waals surface area contributed by atoms with Gasteiger partial charge in [-0.3, -0.25) is 0 Å². The van der Waals surface area contributed by atoms with Crippen molar-refractivity contribution in [2.45, 2.75) is 18.4 Å². The zero-order valence-corrected chi connectivity index (χ0v) is 7.68. The Kier molecular flexibility index (Phi) is 2.20. The third-order valence-electron chi connectivity index (χ3n) is 2.69. The maximum Gasteiger partial charge on any atom is 0.331 e. The number of nitrogens with one attached hydrogen (secondary N) is 1. The van der Waals surface area contributed by atoms with Gasteiger partial charge in [-0.25, -0.2) is 9.48 Å². The number of aromatic nitrogens is 3. The first-order chi connectivity index (χ1) is 6.76. The van der Waals surface area contributed by atoms with E-state index in [1.54, 1.807) is 6.20 Å². The van der Waals surface area contributed by atoms with Gasteiger partial charge in [0.25, 0.3) is 0 Å². The molecule has 6 heteroatoms. The summed E-state index contributed by atoms with van der Waals surface area (Å²) in [6.07, 6.45) is 4.21. The molecular formula is C8H12N4O2. The monoisotopic (exact) mass is 196 g/mol. The van der Waals surface area contributed by atoms with E-state index in [2.05, 4.69) is 15.6 Å². The second-order valence-electron chi connectivity index (χ2n) is 3.43. The first kappa shape index (κ1) is 9.14. The summed E-state index contributed by atoms with van der Waals surface area (Å²) in [4.78, 5) is 11.3. The number of piperidine rings is 1. The van der Waals surface area contributed by atoms with Crippen LogP contribution in [0.1, 0.15) is 12.8 Å². The van der Waals surface area contributed by atoms with Crippen molar-refractivity contribution in [1.82, 2.24) is 20.3 Å². The lowest BCUT2D eigenvalue weighted by atomic mass is 9.89. The van der Waals surface area contributed by atoms with Gasteiger partial charge >= 0.3 is 5.97 Å². The molecule has 0 aromatic carbocycles. The second kappa shape index (κ2) is 3.38. The molecule has 6 nitrogen and oxygen atoms in total. The predicted octanol–water partition coefficient (Wildman–Crippen LogP) is -0.559. The molecule has 0 radical (unpaired) electrons. The highest BCUT2D eigenvalue weighted by Crippen LogP contribution is 2.26. The summed E-state index contributed by atoms with van der Waals surface area (Å²) >= 11 is 0. The largest absolute Gasteiger partial charge is 0.479 e. The van der Waals surface area contributed by atoms with E-state index in [1.165, 1.54) is 10.9 Å². The van der Waals surface area contributed by atoms with Gasteiger partial charge in [0.15, 0.2) is 5.54 Å². The minimum Gasteiger partial charge on any atom is -0.479 e. The van der Waals surface area contributed by atoms with E-state index in [1.807, 2.05) is 0 Å². The third-order valence-corrected chi connectivity index (χ3v) is 2.69. The molecule has 1 saturated heterocycles. The molecule has 1 fully saturated rings. The molecule has 0 bridgehead atoms. The number of carboxylic acids is 1. The molecule has 1 aromatic rings. The lowest BCUT2D eigenvalue weighted by Crippen LogP contribution is -2.50. The van der Waals surface area contributed by atoms with Gasteiger partial charge in [-0.15, -0.1) is 5.10 Å². The topological polar surface area (TPSA) is 80.0 Å². The molecule has 2 rings (SSSR count). The van der Waals surface area contributed by atoms with Gasteiger partial charge in [-0.05, 0) is 25.9 Å². The first-order valence-corrected chi connectivity index (χ1v) is 4.57. The van der Waals surface area contributed by atoms with E-state index < -0.39 is 11.5 Å². The highest BCUT2D eigenvalue weighted by atomic mass is 16.4. The average Bonchev–Trinajstić information content (AvgIpc) is 2.72. The zero-order valence-electron chi connectivity index (χ0n) is 7.68. The van der Waals surface area contributed by atoms with Crippen molar-refractivity contribution in [3.8, 4) is 0 Å². The molecule has 2 N–H and O–H groups in total. The molecule has 1 aliphatic heterocycles. The maximum absolute atomic E-state index is 11.3. The van der Waals surface area contributed by atoms with Crippen molar-refractivity contribution in [2.75, 3.05) is 13.1 Å². The molecule has 0 atom stereocenters. The van der Waals surface area contributed by atoms with Crippen molar-refractivity contribution >= 4 is 5.97 Å². The van der Waals surface area contributed by atoms with Crippen LogP contribution in [-0.4, -0.2) is 39.2 Å². The predicted molar refractivity (Wildman–Crippen MR) is 47.7 cm³/mol. The summed E-state index contributed by atoms with van der Waals surface area (Å²) in [5.74, 6) is -0.829. The Balaban J connectivity index is 2.35. The molecule has 2 heterocycles. The minimum absolute atomic E-state index is 0.547. The maximum atomic E-state index is 11.3. The smallest absolute Gasteiger partial charge is 0.331 e. The summed E-state index contributed by atoms with van der Waals surface area (Å²) < 4.78 is 1.45. The van der Waals surface area contributed by atoms with E-state index in [9.17, 15) is 9.90 Å². The number of hydrogen-bond donors (Lipinski definition) is 2. The van der Waals surface area contributed by atoms with Crippen LogP contribution >= 0.6 is 0 Å². The van der Waals surface area contributed by atoms with Crippen LogP contribution < -0.4 is 5.32 Å². The molecule has 1 aliphatic rings. The zero-order chi connectivity index (χ0) is 10.0. The Bertz CT molecular complexity index is 316. The lowest BCUT2D eigenvalue weighted by molar-refractivity contribution is -0.149. The molecule has 0 unspecified atom stereocenters. The lowest BCUT2D eigenvalue weighted by Gasteiger charge is -2.33. The van der Waals surface area contributed by atoms with Gasteiger partial charge < -0.3 is 10.4 Å². The summed E-state index contributed by atoms with van der Waals surface area (Å²) in [6.45, 7) is 1.40. The highest BCUT2D eigenvalue weighted by Gasteiger charge is 2.42. The fourth-order valence-corrected chi connectivity index (χ4v) is 1.82. The minimum atomic E-state index is -0.901. The van der Waals surface area contributed by atoms with Gasteiger partial charge in [0.05, 0.1) is 6.20 Å². The van der Waals surface area contributed by atoms with Gasteiger partial charge in [-0.2, -0.15) is 0 Å². The van der Waals surface area contributed by atoms with Gasteiger partial charge in [0.2, 0.25) is 0 Å². The van der Waals surface area contributed by atoms with Gasteiger partial charge in [0, 0.05) is 6.20 Å². The summed E-state index contributed by atoms with van der Waals surface area (Å²) in [5, 5.41) is 19.8. The first-order valence-electron chi connectivity index (χ1n) is 4.57. The van der Waals surface area contributed by atoms with Crippen LogP contribution in [0.4, 0.5) is 0 Å². The SMILES string of the molecule is O=C(O)C1(n2ccnn2)CCNCC1. The molecule has 0 spiro atoms. The van der Waals surface area contributed by atoms with Crippen LogP contribution in [-0.2, 0) is 10.3 Å². The number of hydrogen-bond acceptors (Lipinski definition) is 4. The molecule has 0 amide bonds. The Morgan fingerprint density at radius 2 is 2.21 bits per heavy atom. The van der Waals surface area contributed by atoms with Crippen LogP contribution in [0.3, 0.4) is 0 Å². The molecule has 0 aliphatic carbocycles. The van der Waals surface area contributed by atoms with Crippen LogP contribution in [0.2, 0.25) is 0 Å². The molecule has 76 valence electrons. The summed E-state index contributed by atoms with van der Waals surface area (Å²) in [5.41, 5.74) is -0.901. The summed E-state index contributed by atoms with van der Waals surface area (Å²) in [7, 11) is 0. The number of carboxylic acid groups (broad SMARTS) is 1. The summed E-state index contributed by atoms with van der Waals surface area (Å²) in [6, 6.07) is 0. The fourth-order valence-electron chi connectivity index (χ4n) is 1.82. The Hall–Kier alpha value is -1.43. The number of rotatable bonds is 2. The number of nitrogens with zero attached hydrogens (tertiary/aromatic N) is 3. The second-order valence-corrected chi connectivity index (χ2v) is 3.43. The van der Waals surface area contributed by atoms with Crippen molar-refractivity contribution in [3.05, 3.63) is 12.4 Å². The molecule has 14 heavy (non-hydrogen) atoms. The number of aliphatic carboxylic acids is 1. The molecule has 1 aromatic heterocycles. The van der Waals surface area contributed by atoms with Crippen LogP contribution in [0.5, 0.6) is 0 Å². The van der Waals surface area contributed by atoms with Crippen LogP contribution in [0, 0.1) is 0 Å². The van der Waals surface area contributed by atoms with Crippen molar-refractivity contribution in [2.24, 2.45) is 0 Å². The van der Waals surface area contributed by atoms with E-state index in [0.29, 0.717) is 25.9 Å².